The number of aromatic nitrogens is 2. The van der Waals surface area contributed by atoms with Crippen LogP contribution in [0.2, 0.25) is 5.15 Å². The second-order valence-electron chi connectivity index (χ2n) is 7.96. The molecule has 0 aliphatic carbocycles. The first-order chi connectivity index (χ1) is 15.0. The van der Waals surface area contributed by atoms with Crippen molar-refractivity contribution >= 4 is 17.5 Å². The zero-order chi connectivity index (χ0) is 21.8. The van der Waals surface area contributed by atoms with E-state index in [0.717, 1.165) is 25.9 Å². The molecular weight excluding hydrogens is 415 g/mol. The zero-order valence-corrected chi connectivity index (χ0v) is 18.3. The van der Waals surface area contributed by atoms with Gasteiger partial charge in [-0.15, -0.1) is 0 Å². The van der Waals surface area contributed by atoms with Gasteiger partial charge in [-0.2, -0.15) is 5.10 Å². The molecule has 7 heteroatoms. The van der Waals surface area contributed by atoms with E-state index in [1.54, 1.807) is 19.1 Å². The van der Waals surface area contributed by atoms with Gasteiger partial charge in [-0.05, 0) is 56.1 Å². The molecule has 0 spiro atoms. The normalized spacial score (nSPS) is 16.9. The molecule has 2 aromatic carbocycles. The van der Waals surface area contributed by atoms with E-state index in [0.29, 0.717) is 23.5 Å². The first-order valence-corrected chi connectivity index (χ1v) is 11.0. The van der Waals surface area contributed by atoms with Crippen molar-refractivity contribution in [3.63, 3.8) is 0 Å². The van der Waals surface area contributed by atoms with Crippen LogP contribution in [-0.4, -0.2) is 39.7 Å². The number of benzene rings is 2. The van der Waals surface area contributed by atoms with E-state index in [4.69, 9.17) is 11.6 Å². The number of nitrogens with one attached hydrogen (secondary N) is 1. The summed E-state index contributed by atoms with van der Waals surface area (Å²) in [5, 5.41) is 7.68. The first-order valence-electron chi connectivity index (χ1n) is 10.6. The summed E-state index contributed by atoms with van der Waals surface area (Å²) in [6, 6.07) is 16.5. The number of nitrogens with zero attached hydrogens (tertiary/aromatic N) is 3. The van der Waals surface area contributed by atoms with Gasteiger partial charge in [0.1, 0.15) is 11.0 Å². The van der Waals surface area contributed by atoms with Crippen LogP contribution >= 0.6 is 11.6 Å². The van der Waals surface area contributed by atoms with Gasteiger partial charge in [0.25, 0.3) is 5.91 Å². The van der Waals surface area contributed by atoms with Crippen LogP contribution in [0.3, 0.4) is 0 Å². The van der Waals surface area contributed by atoms with Crippen LogP contribution in [0.5, 0.6) is 0 Å². The number of carbonyl (C=O) groups excluding carboxylic acids is 1. The highest BCUT2D eigenvalue weighted by Gasteiger charge is 2.25. The van der Waals surface area contributed by atoms with Crippen LogP contribution in [-0.2, 0) is 6.54 Å². The van der Waals surface area contributed by atoms with Gasteiger partial charge < -0.3 is 5.32 Å². The molecule has 1 N–H and O–H groups in total. The maximum atomic E-state index is 13.2. The minimum atomic E-state index is -0.339. The van der Waals surface area contributed by atoms with E-state index < -0.39 is 0 Å². The smallest absolute Gasteiger partial charge is 0.256 e. The maximum Gasteiger partial charge on any atom is 0.256 e. The molecule has 2 heterocycles. The molecule has 1 fully saturated rings. The van der Waals surface area contributed by atoms with Crippen molar-refractivity contribution in [2.45, 2.75) is 38.8 Å². The molecule has 0 bridgehead atoms. The molecule has 0 saturated carbocycles. The molecule has 1 amide bonds. The summed E-state index contributed by atoms with van der Waals surface area (Å²) in [5.41, 5.74) is 2.78. The van der Waals surface area contributed by atoms with Gasteiger partial charge in [0, 0.05) is 19.1 Å². The molecule has 162 valence electrons. The number of rotatable bonds is 6. The zero-order valence-electron chi connectivity index (χ0n) is 17.5. The second-order valence-corrected chi connectivity index (χ2v) is 8.31. The predicted molar refractivity (Wildman–Crippen MR) is 120 cm³/mol. The minimum Gasteiger partial charge on any atom is -0.350 e. The predicted octanol–water partition coefficient (Wildman–Crippen LogP) is 4.76. The number of aryl methyl sites for hydroxylation is 1. The number of halogens is 2. The average Bonchev–Trinajstić information content (AvgIpc) is 3.08. The SMILES string of the molecule is Cc1nn(-c2ccc(F)cc2)c(Cl)c1C(=O)NCC1CCCCN1Cc1ccccc1. The molecule has 31 heavy (non-hydrogen) atoms. The highest BCUT2D eigenvalue weighted by atomic mass is 35.5. The molecule has 3 aromatic rings. The molecule has 0 radical (unpaired) electrons. The minimum absolute atomic E-state index is 0.228. The van der Waals surface area contributed by atoms with Crippen LogP contribution < -0.4 is 5.32 Å². The summed E-state index contributed by atoms with van der Waals surface area (Å²) in [7, 11) is 0. The van der Waals surface area contributed by atoms with Crippen molar-refractivity contribution in [1.29, 1.82) is 0 Å². The van der Waals surface area contributed by atoms with Crippen LogP contribution in [0.25, 0.3) is 5.69 Å². The number of carbonyl (C=O) groups is 1. The van der Waals surface area contributed by atoms with E-state index in [9.17, 15) is 9.18 Å². The Hall–Kier alpha value is -2.70. The lowest BCUT2D eigenvalue weighted by atomic mass is 10.0. The van der Waals surface area contributed by atoms with Gasteiger partial charge in [-0.3, -0.25) is 9.69 Å². The van der Waals surface area contributed by atoms with E-state index >= 15 is 0 Å². The molecule has 1 unspecified atom stereocenters. The Morgan fingerprint density at radius 1 is 1.16 bits per heavy atom. The highest BCUT2D eigenvalue weighted by Crippen LogP contribution is 2.24. The number of likely N-dealkylation sites (tertiary alicyclic amines) is 1. The van der Waals surface area contributed by atoms with E-state index in [-0.39, 0.29) is 22.9 Å². The summed E-state index contributed by atoms with van der Waals surface area (Å²) in [6.07, 6.45) is 3.38. The van der Waals surface area contributed by atoms with Gasteiger partial charge >= 0.3 is 0 Å². The summed E-state index contributed by atoms with van der Waals surface area (Å²) in [6.45, 7) is 4.22. The van der Waals surface area contributed by atoms with Crippen LogP contribution in [0.15, 0.2) is 54.6 Å². The van der Waals surface area contributed by atoms with Gasteiger partial charge in [0.05, 0.1) is 16.9 Å². The van der Waals surface area contributed by atoms with Gasteiger partial charge in [-0.1, -0.05) is 48.4 Å². The standard InChI is InChI=1S/C24H26ClFN4O/c1-17-22(23(25)30(28-17)20-12-10-19(26)11-13-20)24(31)27-15-21-9-5-6-14-29(21)16-18-7-3-2-4-8-18/h2-4,7-8,10-13,21H,5-6,9,14-16H2,1H3,(H,27,31). The quantitative estimate of drug-likeness (QED) is 0.601. The van der Waals surface area contributed by atoms with Crippen molar-refractivity contribution in [3.05, 3.63) is 82.4 Å². The van der Waals surface area contributed by atoms with Crippen molar-refractivity contribution in [3.8, 4) is 5.69 Å². The molecule has 5 nitrogen and oxygen atoms in total. The summed E-state index contributed by atoms with van der Waals surface area (Å²) in [5.74, 6) is -0.574. The Morgan fingerprint density at radius 2 is 1.90 bits per heavy atom. The average molecular weight is 441 g/mol. The molecule has 1 saturated heterocycles. The topological polar surface area (TPSA) is 50.2 Å². The Kier molecular flexibility index (Phi) is 6.68. The molecule has 1 atom stereocenters. The lowest BCUT2D eigenvalue weighted by Crippen LogP contribution is -2.46. The number of amides is 1. The summed E-state index contributed by atoms with van der Waals surface area (Å²) in [4.78, 5) is 15.4. The van der Waals surface area contributed by atoms with Gasteiger partial charge in [0.2, 0.25) is 0 Å². The number of hydrogen-bond donors (Lipinski definition) is 1. The highest BCUT2D eigenvalue weighted by molar-refractivity contribution is 6.33. The van der Waals surface area contributed by atoms with Gasteiger partial charge in [0.15, 0.2) is 0 Å². The van der Waals surface area contributed by atoms with Crippen LogP contribution in [0.1, 0.15) is 40.9 Å². The lowest BCUT2D eigenvalue weighted by molar-refractivity contribution is 0.0907. The Bertz CT molecular complexity index is 1040. The Balaban J connectivity index is 1.45. The maximum absolute atomic E-state index is 13.2. The summed E-state index contributed by atoms with van der Waals surface area (Å²) >= 11 is 6.49. The fourth-order valence-corrected chi connectivity index (χ4v) is 4.48. The van der Waals surface area contributed by atoms with Crippen molar-refractivity contribution < 1.29 is 9.18 Å². The van der Waals surface area contributed by atoms with Crippen LogP contribution in [0.4, 0.5) is 4.39 Å². The van der Waals surface area contributed by atoms with E-state index in [1.807, 2.05) is 6.07 Å². The molecule has 1 aliphatic rings. The Morgan fingerprint density at radius 3 is 2.65 bits per heavy atom. The van der Waals surface area contributed by atoms with Crippen LogP contribution in [0, 0.1) is 12.7 Å². The first kappa shape index (κ1) is 21.5. The molecule has 1 aromatic heterocycles. The lowest BCUT2D eigenvalue weighted by Gasteiger charge is -2.35. The monoisotopic (exact) mass is 440 g/mol. The third-order valence-corrected chi connectivity index (χ3v) is 6.13. The fourth-order valence-electron chi connectivity index (χ4n) is 4.13. The Labute approximate surface area is 186 Å². The van der Waals surface area contributed by atoms with Crippen molar-refractivity contribution in [2.24, 2.45) is 0 Å². The van der Waals surface area contributed by atoms with Crippen molar-refractivity contribution in [1.82, 2.24) is 20.0 Å². The van der Waals surface area contributed by atoms with Gasteiger partial charge in [-0.25, -0.2) is 9.07 Å². The van der Waals surface area contributed by atoms with E-state index in [2.05, 4.69) is 39.6 Å². The van der Waals surface area contributed by atoms with Crippen molar-refractivity contribution in [2.75, 3.05) is 13.1 Å². The third kappa shape index (κ3) is 4.97. The molecule has 1 aliphatic heterocycles. The third-order valence-electron chi connectivity index (χ3n) is 5.78. The molecule has 4 rings (SSSR count). The number of piperidine rings is 1. The van der Waals surface area contributed by atoms with E-state index in [1.165, 1.54) is 28.8 Å². The number of hydrogen-bond acceptors (Lipinski definition) is 3. The fraction of sp³-hybridized carbons (Fsp3) is 0.333. The second kappa shape index (κ2) is 9.62. The summed E-state index contributed by atoms with van der Waals surface area (Å²) < 4.78 is 14.7. The molecular formula is C24H26ClFN4O. The largest absolute Gasteiger partial charge is 0.350 e.